The number of hydrogen-bond acceptors (Lipinski definition) is 4. The smallest absolute Gasteiger partial charge is 0.239 e. The first-order chi connectivity index (χ1) is 9.51. The van der Waals surface area contributed by atoms with Crippen LogP contribution in [-0.2, 0) is 4.79 Å². The van der Waals surface area contributed by atoms with Crippen molar-refractivity contribution in [3.05, 3.63) is 18.3 Å². The molecule has 0 saturated heterocycles. The summed E-state index contributed by atoms with van der Waals surface area (Å²) in [6, 6.07) is 3.94. The molecule has 6 nitrogen and oxygen atoms in total. The van der Waals surface area contributed by atoms with Crippen LogP contribution in [-0.4, -0.2) is 35.2 Å². The summed E-state index contributed by atoms with van der Waals surface area (Å²) < 4.78 is 0. The predicted molar refractivity (Wildman–Crippen MR) is 81.7 cm³/mol. The molecule has 0 spiro atoms. The number of rotatable bonds is 5. The van der Waals surface area contributed by atoms with Crippen LogP contribution in [0.2, 0.25) is 0 Å². The van der Waals surface area contributed by atoms with E-state index in [1.165, 1.54) is 0 Å². The number of fused-ring (bicyclic) bond motifs is 1. The average Bonchev–Trinajstić information content (AvgIpc) is 2.81. The highest BCUT2D eigenvalue weighted by Gasteiger charge is 2.14. The molecule has 0 aliphatic carbocycles. The number of nitrogen functional groups attached to an aromatic ring is 1. The molecule has 0 atom stereocenters. The van der Waals surface area contributed by atoms with E-state index in [4.69, 9.17) is 5.73 Å². The second-order valence-corrected chi connectivity index (χ2v) is 5.10. The Balaban J connectivity index is 2.24. The number of aromatic nitrogens is 2. The van der Waals surface area contributed by atoms with Crippen LogP contribution in [0.3, 0.4) is 0 Å². The monoisotopic (exact) mass is 275 g/mol. The number of carbonyl (C=O) groups excluding carboxylic acids is 1. The Morgan fingerprint density at radius 2 is 2.25 bits per heavy atom. The van der Waals surface area contributed by atoms with Gasteiger partial charge in [0.15, 0.2) is 0 Å². The van der Waals surface area contributed by atoms with Gasteiger partial charge in [0.25, 0.3) is 0 Å². The van der Waals surface area contributed by atoms with Crippen molar-refractivity contribution in [2.75, 3.05) is 23.7 Å². The molecule has 2 aromatic rings. The van der Waals surface area contributed by atoms with E-state index in [1.54, 1.807) is 6.20 Å². The van der Waals surface area contributed by atoms with Gasteiger partial charge in [0.1, 0.15) is 0 Å². The van der Waals surface area contributed by atoms with Crippen LogP contribution < -0.4 is 16.0 Å². The Kier molecular flexibility index (Phi) is 4.12. The number of nitrogens with zero attached hydrogens (tertiary/aromatic N) is 2. The Morgan fingerprint density at radius 1 is 1.50 bits per heavy atom. The third kappa shape index (κ3) is 3.01. The number of amides is 1. The van der Waals surface area contributed by atoms with Crippen molar-refractivity contribution < 1.29 is 4.79 Å². The second-order valence-electron chi connectivity index (χ2n) is 5.10. The number of anilines is 2. The highest BCUT2D eigenvalue weighted by atomic mass is 16.2. The van der Waals surface area contributed by atoms with Gasteiger partial charge in [-0.05, 0) is 32.9 Å². The molecule has 0 bridgehead atoms. The van der Waals surface area contributed by atoms with Gasteiger partial charge in [-0.25, -0.2) is 0 Å². The molecule has 2 rings (SSSR count). The van der Waals surface area contributed by atoms with Crippen molar-refractivity contribution in [2.45, 2.75) is 26.8 Å². The maximum atomic E-state index is 11.9. The molecular formula is C14H21N5O. The second kappa shape index (κ2) is 5.81. The average molecular weight is 275 g/mol. The highest BCUT2D eigenvalue weighted by molar-refractivity contribution is 5.90. The summed E-state index contributed by atoms with van der Waals surface area (Å²) in [5.74, 6) is -0.00837. The molecule has 1 aromatic heterocycles. The molecule has 108 valence electrons. The van der Waals surface area contributed by atoms with Crippen molar-refractivity contribution in [3.8, 4) is 0 Å². The lowest BCUT2D eigenvalue weighted by molar-refractivity contribution is -0.120. The van der Waals surface area contributed by atoms with Crippen LogP contribution in [0.1, 0.15) is 20.8 Å². The lowest BCUT2D eigenvalue weighted by atomic mass is 10.2. The van der Waals surface area contributed by atoms with Crippen molar-refractivity contribution in [1.82, 2.24) is 15.5 Å². The van der Waals surface area contributed by atoms with Gasteiger partial charge in [-0.2, -0.15) is 5.10 Å². The zero-order chi connectivity index (χ0) is 14.7. The van der Waals surface area contributed by atoms with Gasteiger partial charge in [-0.3, -0.25) is 9.89 Å². The van der Waals surface area contributed by atoms with Gasteiger partial charge in [-0.1, -0.05) is 0 Å². The molecule has 0 unspecified atom stereocenters. The number of likely N-dealkylation sites (N-methyl/N-ethyl adjacent to an activating group) is 1. The van der Waals surface area contributed by atoms with E-state index < -0.39 is 0 Å². The summed E-state index contributed by atoms with van der Waals surface area (Å²) in [7, 11) is 0. The molecule has 6 heteroatoms. The maximum absolute atomic E-state index is 11.9. The summed E-state index contributed by atoms with van der Waals surface area (Å²) >= 11 is 0. The number of H-pyrrole nitrogens is 1. The topological polar surface area (TPSA) is 87.0 Å². The fraction of sp³-hybridized carbons (Fsp3) is 0.429. The molecule has 1 aromatic carbocycles. The third-order valence-corrected chi connectivity index (χ3v) is 3.09. The first-order valence-electron chi connectivity index (χ1n) is 6.78. The van der Waals surface area contributed by atoms with Gasteiger partial charge in [0.2, 0.25) is 5.91 Å². The highest BCUT2D eigenvalue weighted by Crippen LogP contribution is 2.27. The zero-order valence-corrected chi connectivity index (χ0v) is 12.1. The van der Waals surface area contributed by atoms with E-state index in [0.717, 1.165) is 16.6 Å². The summed E-state index contributed by atoms with van der Waals surface area (Å²) in [6.45, 7) is 6.88. The Morgan fingerprint density at radius 3 is 2.90 bits per heavy atom. The molecular weight excluding hydrogens is 254 g/mol. The van der Waals surface area contributed by atoms with Crippen molar-refractivity contribution in [1.29, 1.82) is 0 Å². The predicted octanol–water partition coefficient (Wildman–Crippen LogP) is 1.50. The number of benzene rings is 1. The standard InChI is InChI=1S/C14H21N5O/c1-4-19(8-14(20)17-9(2)3)13-6-12-10(5-11(13)15)7-16-18-12/h5-7,9H,4,8,15H2,1-3H3,(H,16,18)(H,17,20). The van der Waals surface area contributed by atoms with Crippen molar-refractivity contribution in [3.63, 3.8) is 0 Å². The molecule has 0 fully saturated rings. The largest absolute Gasteiger partial charge is 0.397 e. The summed E-state index contributed by atoms with van der Waals surface area (Å²) in [5.41, 5.74) is 8.50. The molecule has 20 heavy (non-hydrogen) atoms. The lowest BCUT2D eigenvalue weighted by Crippen LogP contribution is -2.40. The summed E-state index contributed by atoms with van der Waals surface area (Å²) in [6.07, 6.45) is 1.73. The van der Waals surface area contributed by atoms with Crippen LogP contribution >= 0.6 is 0 Å². The number of nitrogens with one attached hydrogen (secondary N) is 2. The van der Waals surface area contributed by atoms with Crippen molar-refractivity contribution >= 4 is 28.2 Å². The van der Waals surface area contributed by atoms with Gasteiger partial charge < -0.3 is 16.0 Å². The molecule has 0 aliphatic heterocycles. The quantitative estimate of drug-likeness (QED) is 0.722. The first kappa shape index (κ1) is 14.2. The molecule has 0 saturated carbocycles. The van der Waals surface area contributed by atoms with Gasteiger partial charge in [0.05, 0.1) is 29.6 Å². The van der Waals surface area contributed by atoms with Gasteiger partial charge in [0, 0.05) is 18.0 Å². The first-order valence-corrected chi connectivity index (χ1v) is 6.78. The molecule has 4 N–H and O–H groups in total. The normalized spacial score (nSPS) is 11.0. The van der Waals surface area contributed by atoms with Crippen LogP contribution in [0.15, 0.2) is 18.3 Å². The minimum Gasteiger partial charge on any atom is -0.397 e. The van der Waals surface area contributed by atoms with E-state index in [0.29, 0.717) is 18.8 Å². The fourth-order valence-corrected chi connectivity index (χ4v) is 2.18. The number of carbonyl (C=O) groups is 1. The molecule has 1 heterocycles. The Labute approximate surface area is 118 Å². The van der Waals surface area contributed by atoms with E-state index in [-0.39, 0.29) is 11.9 Å². The minimum absolute atomic E-state index is 0.00837. The van der Waals surface area contributed by atoms with E-state index >= 15 is 0 Å². The van der Waals surface area contributed by atoms with Crippen LogP contribution in [0.25, 0.3) is 10.9 Å². The summed E-state index contributed by atoms with van der Waals surface area (Å²) in [5, 5.41) is 10.8. The number of hydrogen-bond donors (Lipinski definition) is 3. The fourth-order valence-electron chi connectivity index (χ4n) is 2.18. The molecule has 0 aliphatic rings. The van der Waals surface area contributed by atoms with E-state index in [2.05, 4.69) is 15.5 Å². The van der Waals surface area contributed by atoms with E-state index in [1.807, 2.05) is 37.8 Å². The van der Waals surface area contributed by atoms with E-state index in [9.17, 15) is 4.79 Å². The Bertz CT molecular complexity index is 605. The SMILES string of the molecule is CCN(CC(=O)NC(C)C)c1cc2[nH]ncc2cc1N. The maximum Gasteiger partial charge on any atom is 0.239 e. The van der Waals surface area contributed by atoms with Crippen LogP contribution in [0.4, 0.5) is 11.4 Å². The zero-order valence-electron chi connectivity index (χ0n) is 12.1. The van der Waals surface area contributed by atoms with Crippen LogP contribution in [0, 0.1) is 0 Å². The summed E-state index contributed by atoms with van der Waals surface area (Å²) in [4.78, 5) is 13.9. The molecule has 0 radical (unpaired) electrons. The van der Waals surface area contributed by atoms with Crippen LogP contribution in [0.5, 0.6) is 0 Å². The minimum atomic E-state index is -0.00837. The Hall–Kier alpha value is -2.24. The lowest BCUT2D eigenvalue weighted by Gasteiger charge is -2.24. The van der Waals surface area contributed by atoms with Gasteiger partial charge >= 0.3 is 0 Å². The number of nitrogens with two attached hydrogens (primary N) is 1. The van der Waals surface area contributed by atoms with Crippen molar-refractivity contribution in [2.24, 2.45) is 0 Å². The van der Waals surface area contributed by atoms with Gasteiger partial charge in [-0.15, -0.1) is 0 Å². The number of aromatic amines is 1. The molecule has 1 amide bonds. The third-order valence-electron chi connectivity index (χ3n) is 3.09.